The predicted molar refractivity (Wildman–Crippen MR) is 155 cm³/mol. The van der Waals surface area contributed by atoms with Gasteiger partial charge in [0, 0.05) is 22.9 Å². The van der Waals surface area contributed by atoms with E-state index in [2.05, 4.69) is 0 Å². The first-order valence-corrected chi connectivity index (χ1v) is 12.8. The van der Waals surface area contributed by atoms with Gasteiger partial charge in [-0.1, -0.05) is 78.9 Å². The Kier molecular flexibility index (Phi) is 6.58. The van der Waals surface area contributed by atoms with Crippen molar-refractivity contribution in [2.24, 2.45) is 5.10 Å². The number of nitrogens with zero attached hydrogens (tertiary/aromatic N) is 4. The summed E-state index contributed by atoms with van der Waals surface area (Å²) in [5.41, 5.74) is 6.05. The number of carbonyl (C=O) groups is 1. The van der Waals surface area contributed by atoms with Gasteiger partial charge in [-0.25, -0.2) is 4.68 Å². The van der Waals surface area contributed by atoms with E-state index in [4.69, 9.17) is 14.9 Å². The third kappa shape index (κ3) is 4.88. The zero-order valence-electron chi connectivity index (χ0n) is 21.4. The van der Waals surface area contributed by atoms with E-state index in [9.17, 15) is 4.79 Å². The highest BCUT2D eigenvalue weighted by Gasteiger charge is 2.32. The molecule has 2 heterocycles. The number of carbonyl (C=O) groups excluding carboxylic acids is 1. The van der Waals surface area contributed by atoms with Crippen LogP contribution in [0.2, 0.25) is 0 Å². The Morgan fingerprint density at radius 3 is 2.10 bits per heavy atom. The average Bonchev–Trinajstić information content (AvgIpc) is 3.56. The van der Waals surface area contributed by atoms with Crippen LogP contribution in [-0.2, 0) is 4.79 Å². The van der Waals surface area contributed by atoms with E-state index in [1.807, 2.05) is 139 Å². The van der Waals surface area contributed by atoms with Gasteiger partial charge in [0.1, 0.15) is 17.2 Å². The van der Waals surface area contributed by atoms with Gasteiger partial charge in [0.25, 0.3) is 5.91 Å². The number of rotatable bonds is 7. The Morgan fingerprint density at radius 2 is 1.41 bits per heavy atom. The number of ether oxygens (including phenoxy) is 1. The minimum atomic E-state index is -0.193. The topological polar surface area (TPSA) is 59.7 Å². The summed E-state index contributed by atoms with van der Waals surface area (Å²) in [6, 6.07) is 37.0. The van der Waals surface area contributed by atoms with Gasteiger partial charge < -0.3 is 4.74 Å². The number of benzene rings is 4. The summed E-state index contributed by atoms with van der Waals surface area (Å²) in [4.78, 5) is 13.9. The molecular formula is C33H26N4O2. The minimum Gasteiger partial charge on any atom is -0.494 e. The smallest absolute Gasteiger partial charge is 0.281 e. The van der Waals surface area contributed by atoms with Gasteiger partial charge in [-0.15, -0.1) is 0 Å². The fourth-order valence-electron chi connectivity index (χ4n) is 4.58. The molecule has 1 aliphatic heterocycles. The second-order valence-electron chi connectivity index (χ2n) is 9.00. The summed E-state index contributed by atoms with van der Waals surface area (Å²) in [6.45, 7) is 2.53. The van der Waals surface area contributed by atoms with Crippen molar-refractivity contribution >= 4 is 23.4 Å². The predicted octanol–water partition coefficient (Wildman–Crippen LogP) is 6.77. The largest absolute Gasteiger partial charge is 0.494 e. The van der Waals surface area contributed by atoms with Gasteiger partial charge >= 0.3 is 0 Å². The lowest BCUT2D eigenvalue weighted by molar-refractivity contribution is -0.114. The molecule has 0 atom stereocenters. The molecule has 0 saturated heterocycles. The first-order valence-electron chi connectivity index (χ1n) is 12.8. The third-order valence-electron chi connectivity index (χ3n) is 6.41. The third-order valence-corrected chi connectivity index (χ3v) is 6.41. The lowest BCUT2D eigenvalue weighted by atomic mass is 9.99. The van der Waals surface area contributed by atoms with Crippen LogP contribution in [-0.4, -0.2) is 28.0 Å². The minimum absolute atomic E-state index is 0.193. The molecule has 0 bridgehead atoms. The van der Waals surface area contributed by atoms with Crippen LogP contribution in [0, 0.1) is 0 Å². The maximum Gasteiger partial charge on any atom is 0.281 e. The molecule has 1 aromatic heterocycles. The summed E-state index contributed by atoms with van der Waals surface area (Å²) in [5.74, 6) is 0.572. The number of hydrazone groups is 1. The standard InChI is InChI=1S/C33H26N4O2/c1-2-39-29-20-12-15-25(21-29)31-26(23-36(34-31)27-16-8-4-9-17-27)22-30-32(24-13-6-3-7-14-24)35-37(33(30)38)28-18-10-5-11-19-28/h3-23H,2H2,1H3/b30-22-. The number of hydrogen-bond donors (Lipinski definition) is 0. The van der Waals surface area contributed by atoms with Gasteiger partial charge in [0.05, 0.1) is 23.6 Å². The number of amides is 1. The molecule has 6 heteroatoms. The maximum absolute atomic E-state index is 13.9. The van der Waals surface area contributed by atoms with Gasteiger partial charge in [-0.3, -0.25) is 4.79 Å². The number of anilines is 1. The van der Waals surface area contributed by atoms with E-state index in [-0.39, 0.29) is 5.91 Å². The van der Waals surface area contributed by atoms with Crippen LogP contribution in [0.1, 0.15) is 18.1 Å². The molecular weight excluding hydrogens is 484 g/mol. The van der Waals surface area contributed by atoms with Crippen molar-refractivity contribution in [3.8, 4) is 22.7 Å². The average molecular weight is 511 g/mol. The van der Waals surface area contributed by atoms with Crippen LogP contribution in [0.3, 0.4) is 0 Å². The molecule has 0 unspecified atom stereocenters. The molecule has 39 heavy (non-hydrogen) atoms. The molecule has 0 spiro atoms. The van der Waals surface area contributed by atoms with Crippen molar-refractivity contribution in [1.82, 2.24) is 9.78 Å². The van der Waals surface area contributed by atoms with Crippen LogP contribution in [0.5, 0.6) is 5.75 Å². The SMILES string of the molecule is CCOc1cccc(-c2nn(-c3ccccc3)cc2/C=C2\C(=O)N(c3ccccc3)N=C2c2ccccc2)c1. The summed E-state index contributed by atoms with van der Waals surface area (Å²) in [5, 5.41) is 11.2. The second kappa shape index (κ2) is 10.6. The van der Waals surface area contributed by atoms with Crippen LogP contribution < -0.4 is 9.75 Å². The molecule has 0 saturated carbocycles. The van der Waals surface area contributed by atoms with Crippen molar-refractivity contribution in [3.05, 3.63) is 138 Å². The molecule has 0 radical (unpaired) electrons. The fourth-order valence-corrected chi connectivity index (χ4v) is 4.58. The molecule has 1 aliphatic rings. The van der Waals surface area contributed by atoms with Crippen molar-refractivity contribution in [1.29, 1.82) is 0 Å². The highest BCUT2D eigenvalue weighted by atomic mass is 16.5. The lowest BCUT2D eigenvalue weighted by Gasteiger charge is -2.10. The number of hydrogen-bond acceptors (Lipinski definition) is 4. The van der Waals surface area contributed by atoms with E-state index in [1.54, 1.807) is 0 Å². The molecule has 0 N–H and O–H groups in total. The molecule has 0 aliphatic carbocycles. The quantitative estimate of drug-likeness (QED) is 0.227. The van der Waals surface area contributed by atoms with Gasteiger partial charge in [0.15, 0.2) is 0 Å². The highest BCUT2D eigenvalue weighted by molar-refractivity contribution is 6.37. The van der Waals surface area contributed by atoms with Crippen LogP contribution in [0.4, 0.5) is 5.69 Å². The Morgan fingerprint density at radius 1 is 0.769 bits per heavy atom. The van der Waals surface area contributed by atoms with Crippen molar-refractivity contribution in [2.75, 3.05) is 11.6 Å². The normalized spacial score (nSPS) is 14.1. The van der Waals surface area contributed by atoms with Crippen LogP contribution >= 0.6 is 0 Å². The summed E-state index contributed by atoms with van der Waals surface area (Å²) >= 11 is 0. The van der Waals surface area contributed by atoms with Crippen molar-refractivity contribution in [3.63, 3.8) is 0 Å². The molecule has 0 fully saturated rings. The Bertz CT molecular complexity index is 1670. The molecule has 5 aromatic rings. The van der Waals surface area contributed by atoms with Crippen molar-refractivity contribution in [2.45, 2.75) is 6.92 Å². The first kappa shape index (κ1) is 24.1. The first-order chi connectivity index (χ1) is 19.2. The van der Waals surface area contributed by atoms with Gasteiger partial charge in [0.2, 0.25) is 0 Å². The lowest BCUT2D eigenvalue weighted by Crippen LogP contribution is -2.21. The van der Waals surface area contributed by atoms with Crippen molar-refractivity contribution < 1.29 is 9.53 Å². The molecule has 190 valence electrons. The van der Waals surface area contributed by atoms with Crippen LogP contribution in [0.25, 0.3) is 23.0 Å². The van der Waals surface area contributed by atoms with E-state index in [0.29, 0.717) is 23.6 Å². The Labute approximate surface area is 227 Å². The summed E-state index contributed by atoms with van der Waals surface area (Å²) in [7, 11) is 0. The van der Waals surface area contributed by atoms with Crippen LogP contribution in [0.15, 0.2) is 132 Å². The Hall–Kier alpha value is -5.23. The summed E-state index contributed by atoms with van der Waals surface area (Å²) in [6.07, 6.45) is 3.85. The van der Waals surface area contributed by atoms with E-state index >= 15 is 0 Å². The Balaban J connectivity index is 1.52. The molecule has 4 aromatic carbocycles. The van der Waals surface area contributed by atoms with E-state index in [0.717, 1.165) is 33.8 Å². The molecule has 1 amide bonds. The molecule has 6 nitrogen and oxygen atoms in total. The monoisotopic (exact) mass is 510 g/mol. The second-order valence-corrected chi connectivity index (χ2v) is 9.00. The zero-order valence-corrected chi connectivity index (χ0v) is 21.4. The van der Waals surface area contributed by atoms with Gasteiger partial charge in [-0.05, 0) is 49.4 Å². The van der Waals surface area contributed by atoms with E-state index < -0.39 is 0 Å². The van der Waals surface area contributed by atoms with E-state index in [1.165, 1.54) is 5.01 Å². The van der Waals surface area contributed by atoms with Gasteiger partial charge in [-0.2, -0.15) is 15.2 Å². The highest BCUT2D eigenvalue weighted by Crippen LogP contribution is 2.32. The number of aromatic nitrogens is 2. The zero-order chi connectivity index (χ0) is 26.6. The maximum atomic E-state index is 13.9. The summed E-state index contributed by atoms with van der Waals surface area (Å²) < 4.78 is 7.59. The number of para-hydroxylation sites is 2. The molecule has 6 rings (SSSR count). The fraction of sp³-hybridized carbons (Fsp3) is 0.0606.